The number of hydrogen-bond donors (Lipinski definition) is 0. The van der Waals surface area contributed by atoms with Crippen molar-refractivity contribution in [1.29, 1.82) is 0 Å². The summed E-state index contributed by atoms with van der Waals surface area (Å²) in [6, 6.07) is 16.6. The highest BCUT2D eigenvalue weighted by atomic mass is 16.5. The fourth-order valence-electron chi connectivity index (χ4n) is 5.31. The summed E-state index contributed by atoms with van der Waals surface area (Å²) >= 11 is 0. The SMILES string of the molecule is CCCN1CCCC2(Cc3ccccc3CN(C(=O)Cc3ccc(OC)cc3)C2)C1. The molecule has 0 radical (unpaired) electrons. The molecule has 2 aliphatic heterocycles. The van der Waals surface area contributed by atoms with Gasteiger partial charge in [-0.1, -0.05) is 43.3 Å². The van der Waals surface area contributed by atoms with Gasteiger partial charge in [-0.05, 0) is 67.6 Å². The molecule has 0 aromatic heterocycles. The lowest BCUT2D eigenvalue weighted by molar-refractivity contribution is -0.133. The third-order valence-electron chi connectivity index (χ3n) is 6.72. The zero-order valence-corrected chi connectivity index (χ0v) is 18.4. The zero-order valence-electron chi connectivity index (χ0n) is 18.4. The van der Waals surface area contributed by atoms with Gasteiger partial charge >= 0.3 is 0 Å². The van der Waals surface area contributed by atoms with Crippen LogP contribution in [0.5, 0.6) is 5.75 Å². The Labute approximate surface area is 180 Å². The van der Waals surface area contributed by atoms with Crippen LogP contribution in [0.15, 0.2) is 48.5 Å². The van der Waals surface area contributed by atoms with E-state index < -0.39 is 0 Å². The highest BCUT2D eigenvalue weighted by molar-refractivity contribution is 5.79. The molecule has 0 N–H and O–H groups in total. The molecule has 4 rings (SSSR count). The summed E-state index contributed by atoms with van der Waals surface area (Å²) in [5, 5.41) is 0. The minimum Gasteiger partial charge on any atom is -0.497 e. The summed E-state index contributed by atoms with van der Waals surface area (Å²) in [6.45, 7) is 7.29. The summed E-state index contributed by atoms with van der Waals surface area (Å²) < 4.78 is 5.25. The Morgan fingerprint density at radius 3 is 2.57 bits per heavy atom. The minimum absolute atomic E-state index is 0.162. The van der Waals surface area contributed by atoms with E-state index in [-0.39, 0.29) is 11.3 Å². The number of hydrogen-bond acceptors (Lipinski definition) is 3. The van der Waals surface area contributed by atoms with Crippen molar-refractivity contribution < 1.29 is 9.53 Å². The molecule has 2 aromatic carbocycles. The monoisotopic (exact) mass is 406 g/mol. The fourth-order valence-corrected chi connectivity index (χ4v) is 5.31. The van der Waals surface area contributed by atoms with Gasteiger partial charge in [0, 0.05) is 25.0 Å². The first-order valence-electron chi connectivity index (χ1n) is 11.3. The second-order valence-corrected chi connectivity index (χ2v) is 9.10. The average Bonchev–Trinajstić information content (AvgIpc) is 2.91. The Kier molecular flexibility index (Phi) is 6.43. The van der Waals surface area contributed by atoms with Crippen molar-refractivity contribution in [3.63, 3.8) is 0 Å². The Morgan fingerprint density at radius 1 is 1.07 bits per heavy atom. The van der Waals surface area contributed by atoms with Gasteiger partial charge in [0.15, 0.2) is 0 Å². The fraction of sp³-hybridized carbons (Fsp3) is 0.500. The highest BCUT2D eigenvalue weighted by Gasteiger charge is 2.40. The Balaban J connectivity index is 1.57. The lowest BCUT2D eigenvalue weighted by Gasteiger charge is -2.44. The van der Waals surface area contributed by atoms with Gasteiger partial charge in [-0.3, -0.25) is 4.79 Å². The van der Waals surface area contributed by atoms with Gasteiger partial charge in [-0.2, -0.15) is 0 Å². The van der Waals surface area contributed by atoms with E-state index >= 15 is 0 Å². The largest absolute Gasteiger partial charge is 0.497 e. The van der Waals surface area contributed by atoms with E-state index in [0.29, 0.717) is 6.42 Å². The third-order valence-corrected chi connectivity index (χ3v) is 6.72. The maximum Gasteiger partial charge on any atom is 0.227 e. The molecular weight excluding hydrogens is 372 g/mol. The van der Waals surface area contributed by atoms with Crippen LogP contribution in [0.1, 0.15) is 42.9 Å². The van der Waals surface area contributed by atoms with E-state index in [1.807, 2.05) is 24.3 Å². The molecule has 0 bridgehead atoms. The molecule has 1 atom stereocenters. The predicted octanol–water partition coefficient (Wildman–Crippen LogP) is 4.31. The Bertz CT molecular complexity index is 862. The summed E-state index contributed by atoms with van der Waals surface area (Å²) in [5.41, 5.74) is 3.94. The van der Waals surface area contributed by atoms with Crippen LogP contribution < -0.4 is 4.74 Å². The topological polar surface area (TPSA) is 32.8 Å². The maximum atomic E-state index is 13.4. The maximum absolute atomic E-state index is 13.4. The van der Waals surface area contributed by atoms with Crippen LogP contribution in [0.4, 0.5) is 0 Å². The average molecular weight is 407 g/mol. The summed E-state index contributed by atoms with van der Waals surface area (Å²) in [7, 11) is 1.67. The van der Waals surface area contributed by atoms with Crippen LogP contribution in [0.25, 0.3) is 0 Å². The van der Waals surface area contributed by atoms with Gasteiger partial charge < -0.3 is 14.5 Å². The molecule has 2 heterocycles. The smallest absolute Gasteiger partial charge is 0.227 e. The number of benzene rings is 2. The number of amides is 1. The first-order valence-corrected chi connectivity index (χ1v) is 11.3. The van der Waals surface area contributed by atoms with E-state index in [1.165, 1.54) is 36.9 Å². The number of methoxy groups -OCH3 is 1. The number of piperidine rings is 1. The summed E-state index contributed by atoms with van der Waals surface area (Å²) in [5.74, 6) is 1.05. The van der Waals surface area contributed by atoms with Gasteiger partial charge in [0.25, 0.3) is 0 Å². The van der Waals surface area contributed by atoms with Crippen LogP contribution in [0, 0.1) is 5.41 Å². The van der Waals surface area contributed by atoms with Gasteiger partial charge in [0.05, 0.1) is 13.5 Å². The molecular formula is C26H34N2O2. The van der Waals surface area contributed by atoms with Crippen LogP contribution >= 0.6 is 0 Å². The van der Waals surface area contributed by atoms with Crippen LogP contribution in [0.3, 0.4) is 0 Å². The zero-order chi connectivity index (χ0) is 21.0. The normalized spacial score (nSPS) is 21.9. The van der Waals surface area contributed by atoms with Crippen molar-refractivity contribution in [3.05, 3.63) is 65.2 Å². The molecule has 0 aliphatic carbocycles. The molecule has 1 amide bonds. The molecule has 160 valence electrons. The molecule has 1 unspecified atom stereocenters. The molecule has 1 fully saturated rings. The second-order valence-electron chi connectivity index (χ2n) is 9.10. The van der Waals surface area contributed by atoms with E-state index in [2.05, 4.69) is 41.0 Å². The number of carbonyl (C=O) groups excluding carboxylic acids is 1. The van der Waals surface area contributed by atoms with E-state index in [9.17, 15) is 4.79 Å². The standard InChI is InChI=1S/C26H34N2O2/c1-3-14-27-15-6-13-26(19-27)17-22-7-4-5-8-23(22)18-28(20-26)25(29)16-21-9-11-24(30-2)12-10-21/h4-5,7-12H,3,6,13-20H2,1-2H3. The predicted molar refractivity (Wildman–Crippen MR) is 121 cm³/mol. The molecule has 1 spiro atoms. The van der Waals surface area contributed by atoms with Crippen molar-refractivity contribution in [3.8, 4) is 5.75 Å². The quantitative estimate of drug-likeness (QED) is 0.742. The lowest BCUT2D eigenvalue weighted by atomic mass is 9.74. The Morgan fingerprint density at radius 2 is 1.83 bits per heavy atom. The molecule has 2 aliphatic rings. The van der Waals surface area contributed by atoms with Crippen molar-refractivity contribution >= 4 is 5.91 Å². The van der Waals surface area contributed by atoms with Crippen molar-refractivity contribution in [2.24, 2.45) is 5.41 Å². The minimum atomic E-state index is 0.162. The van der Waals surface area contributed by atoms with Crippen LogP contribution in [-0.4, -0.2) is 49.0 Å². The number of likely N-dealkylation sites (tertiary alicyclic amines) is 1. The van der Waals surface area contributed by atoms with E-state index in [0.717, 1.165) is 43.9 Å². The van der Waals surface area contributed by atoms with Crippen molar-refractivity contribution in [2.45, 2.75) is 45.6 Å². The first-order chi connectivity index (χ1) is 14.6. The number of rotatable bonds is 5. The van der Waals surface area contributed by atoms with E-state index in [4.69, 9.17) is 4.74 Å². The van der Waals surface area contributed by atoms with Crippen LogP contribution in [0.2, 0.25) is 0 Å². The first kappa shape index (κ1) is 20.9. The number of fused-ring (bicyclic) bond motifs is 1. The summed E-state index contributed by atoms with van der Waals surface area (Å²) in [4.78, 5) is 18.1. The molecule has 2 aromatic rings. The molecule has 0 saturated carbocycles. The van der Waals surface area contributed by atoms with Gasteiger partial charge in [-0.15, -0.1) is 0 Å². The highest BCUT2D eigenvalue weighted by Crippen LogP contribution is 2.38. The molecule has 1 saturated heterocycles. The summed E-state index contributed by atoms with van der Waals surface area (Å²) in [6.07, 6.45) is 5.14. The van der Waals surface area contributed by atoms with Gasteiger partial charge in [-0.25, -0.2) is 0 Å². The lowest BCUT2D eigenvalue weighted by Crippen LogP contribution is -2.50. The van der Waals surface area contributed by atoms with Gasteiger partial charge in [0.2, 0.25) is 5.91 Å². The van der Waals surface area contributed by atoms with E-state index in [1.54, 1.807) is 7.11 Å². The van der Waals surface area contributed by atoms with Crippen molar-refractivity contribution in [2.75, 3.05) is 33.3 Å². The number of ether oxygens (including phenoxy) is 1. The number of nitrogens with zero attached hydrogens (tertiary/aromatic N) is 2. The van der Waals surface area contributed by atoms with Gasteiger partial charge in [0.1, 0.15) is 5.75 Å². The number of carbonyl (C=O) groups is 1. The van der Waals surface area contributed by atoms with Crippen LogP contribution in [-0.2, 0) is 24.2 Å². The van der Waals surface area contributed by atoms with Crippen molar-refractivity contribution in [1.82, 2.24) is 9.80 Å². The molecule has 4 heteroatoms. The second kappa shape index (κ2) is 9.22. The third kappa shape index (κ3) is 4.70. The molecule has 4 nitrogen and oxygen atoms in total. The molecule has 30 heavy (non-hydrogen) atoms. The Hall–Kier alpha value is -2.33.